The van der Waals surface area contributed by atoms with Gasteiger partial charge in [-0.2, -0.15) is 0 Å². The summed E-state index contributed by atoms with van der Waals surface area (Å²) in [6.45, 7) is 4.32. The van der Waals surface area contributed by atoms with Crippen molar-refractivity contribution in [3.8, 4) is 0 Å². The first-order valence-corrected chi connectivity index (χ1v) is 9.31. The number of esters is 1. The third kappa shape index (κ3) is 5.87. The lowest BCUT2D eigenvalue weighted by Gasteiger charge is -2.22. The Balaban J connectivity index is 1.82. The van der Waals surface area contributed by atoms with Crippen LogP contribution in [0.5, 0.6) is 0 Å². The van der Waals surface area contributed by atoms with Gasteiger partial charge in [-0.3, -0.25) is 29.4 Å². The maximum Gasteiger partial charge on any atom is 0.326 e. The maximum absolute atomic E-state index is 12.5. The van der Waals surface area contributed by atoms with Crippen LogP contribution >= 0.6 is 0 Å². The fraction of sp³-hybridized carbons (Fsp3) is 0.450. The highest BCUT2D eigenvalue weighted by molar-refractivity contribution is 6.08. The molecule has 1 saturated heterocycles. The number of carbonyl (C=O) groups is 5. The second-order valence-electron chi connectivity index (χ2n) is 7.49. The third-order valence-corrected chi connectivity index (χ3v) is 4.51. The van der Waals surface area contributed by atoms with Crippen LogP contribution < -0.4 is 10.6 Å². The van der Waals surface area contributed by atoms with Crippen LogP contribution in [-0.4, -0.2) is 53.3 Å². The number of nitrogens with one attached hydrogen (secondary N) is 2. The number of hydrogen-bond donors (Lipinski definition) is 2. The summed E-state index contributed by atoms with van der Waals surface area (Å²) in [5, 5.41) is 4.69. The van der Waals surface area contributed by atoms with Crippen LogP contribution in [0, 0.1) is 5.92 Å². The number of benzene rings is 1. The van der Waals surface area contributed by atoms with Gasteiger partial charge in [0, 0.05) is 5.56 Å². The molecule has 0 spiro atoms. The van der Waals surface area contributed by atoms with E-state index >= 15 is 0 Å². The minimum absolute atomic E-state index is 0.284. The summed E-state index contributed by atoms with van der Waals surface area (Å²) in [5.41, 5.74) is -0.784. The molecule has 2 rings (SSSR count). The number of hydrogen-bond acceptors (Lipinski definition) is 6. The number of imide groups is 2. The standard InChI is InChI=1S/C20H25N3O6/c1-13(2)9-10-20(3)18(27)23(19(28)22-20)11-16(25)29-12-15(24)21-17(26)14-7-5-4-6-8-14/h4-8,13H,9-12H2,1-3H3,(H,22,28)(H,21,24,26)/t20-/m1/s1. The van der Waals surface area contributed by atoms with Crippen LogP contribution in [0.2, 0.25) is 0 Å². The SMILES string of the molecule is CC(C)CC[C@@]1(C)NC(=O)N(CC(=O)OCC(=O)NC(=O)c2ccccc2)C1=O. The van der Waals surface area contributed by atoms with Crippen LogP contribution in [0.4, 0.5) is 4.79 Å². The summed E-state index contributed by atoms with van der Waals surface area (Å²) in [4.78, 5) is 61.0. The van der Waals surface area contributed by atoms with Crippen LogP contribution in [0.25, 0.3) is 0 Å². The van der Waals surface area contributed by atoms with Gasteiger partial charge in [-0.05, 0) is 37.8 Å². The summed E-state index contributed by atoms with van der Waals surface area (Å²) in [6, 6.07) is 7.40. The van der Waals surface area contributed by atoms with Gasteiger partial charge >= 0.3 is 12.0 Å². The molecule has 0 aromatic heterocycles. The van der Waals surface area contributed by atoms with E-state index in [0.29, 0.717) is 12.3 Å². The molecule has 1 atom stereocenters. The lowest BCUT2D eigenvalue weighted by molar-refractivity contribution is -0.150. The molecule has 9 nitrogen and oxygen atoms in total. The van der Waals surface area contributed by atoms with E-state index in [1.165, 1.54) is 12.1 Å². The topological polar surface area (TPSA) is 122 Å². The van der Waals surface area contributed by atoms with Crippen molar-refractivity contribution in [2.45, 2.75) is 39.2 Å². The molecule has 2 N–H and O–H groups in total. The zero-order chi connectivity index (χ0) is 21.6. The fourth-order valence-electron chi connectivity index (χ4n) is 2.78. The largest absolute Gasteiger partial charge is 0.454 e. The first-order valence-electron chi connectivity index (χ1n) is 9.31. The van der Waals surface area contributed by atoms with E-state index in [1.807, 2.05) is 13.8 Å². The van der Waals surface area contributed by atoms with E-state index in [4.69, 9.17) is 4.74 Å². The second kappa shape index (κ2) is 9.31. The Morgan fingerprint density at radius 1 is 1.17 bits per heavy atom. The predicted octanol–water partition coefficient (Wildman–Crippen LogP) is 1.23. The quantitative estimate of drug-likeness (QED) is 0.497. The first-order chi connectivity index (χ1) is 13.6. The Hall–Kier alpha value is -3.23. The second-order valence-corrected chi connectivity index (χ2v) is 7.49. The highest BCUT2D eigenvalue weighted by Crippen LogP contribution is 2.24. The molecule has 0 aliphatic carbocycles. The highest BCUT2D eigenvalue weighted by atomic mass is 16.5. The Kier molecular flexibility index (Phi) is 7.08. The molecule has 1 fully saturated rings. The van der Waals surface area contributed by atoms with Crippen LogP contribution in [0.1, 0.15) is 44.0 Å². The van der Waals surface area contributed by atoms with Crippen LogP contribution in [0.15, 0.2) is 30.3 Å². The fourth-order valence-corrected chi connectivity index (χ4v) is 2.78. The zero-order valence-electron chi connectivity index (χ0n) is 16.7. The highest BCUT2D eigenvalue weighted by Gasteiger charge is 2.48. The third-order valence-electron chi connectivity index (χ3n) is 4.51. The molecular formula is C20H25N3O6. The number of urea groups is 1. The molecule has 1 aliphatic heterocycles. The summed E-state index contributed by atoms with van der Waals surface area (Å²) in [6.07, 6.45) is 1.18. The molecular weight excluding hydrogens is 378 g/mol. The monoisotopic (exact) mass is 403 g/mol. The van der Waals surface area contributed by atoms with Crippen molar-refractivity contribution in [2.24, 2.45) is 5.92 Å². The molecule has 0 unspecified atom stereocenters. The van der Waals surface area contributed by atoms with Crippen LogP contribution in [-0.2, 0) is 19.1 Å². The zero-order valence-corrected chi connectivity index (χ0v) is 16.7. The smallest absolute Gasteiger partial charge is 0.326 e. The normalized spacial score (nSPS) is 18.6. The maximum atomic E-state index is 12.5. The molecule has 0 radical (unpaired) electrons. The van der Waals surface area contributed by atoms with Gasteiger partial charge < -0.3 is 10.1 Å². The van der Waals surface area contributed by atoms with Crippen LogP contribution in [0.3, 0.4) is 0 Å². The summed E-state index contributed by atoms with van der Waals surface area (Å²) < 4.78 is 4.79. The van der Waals surface area contributed by atoms with E-state index in [1.54, 1.807) is 25.1 Å². The molecule has 1 aromatic rings. The average molecular weight is 403 g/mol. The van der Waals surface area contributed by atoms with Crippen molar-refractivity contribution in [2.75, 3.05) is 13.2 Å². The minimum atomic E-state index is -1.07. The Morgan fingerprint density at radius 2 is 1.83 bits per heavy atom. The Bertz CT molecular complexity index is 808. The molecule has 1 aliphatic rings. The van der Waals surface area contributed by atoms with Crippen molar-refractivity contribution < 1.29 is 28.7 Å². The van der Waals surface area contributed by atoms with Gasteiger partial charge in [-0.15, -0.1) is 0 Å². The van der Waals surface area contributed by atoms with Crippen molar-refractivity contribution in [1.82, 2.24) is 15.5 Å². The first kappa shape index (κ1) is 22.1. The van der Waals surface area contributed by atoms with Crippen molar-refractivity contribution in [3.63, 3.8) is 0 Å². The number of ether oxygens (including phenoxy) is 1. The molecule has 9 heteroatoms. The van der Waals surface area contributed by atoms with E-state index in [-0.39, 0.29) is 5.56 Å². The van der Waals surface area contributed by atoms with Crippen molar-refractivity contribution >= 4 is 29.7 Å². The molecule has 1 aromatic carbocycles. The summed E-state index contributed by atoms with van der Waals surface area (Å²) in [5.74, 6) is -2.52. The molecule has 0 saturated carbocycles. The minimum Gasteiger partial charge on any atom is -0.454 e. The Labute approximate surface area is 168 Å². The summed E-state index contributed by atoms with van der Waals surface area (Å²) >= 11 is 0. The van der Waals surface area contributed by atoms with Gasteiger partial charge in [0.2, 0.25) is 0 Å². The Morgan fingerprint density at radius 3 is 2.45 bits per heavy atom. The van der Waals surface area contributed by atoms with E-state index in [2.05, 4.69) is 10.6 Å². The van der Waals surface area contributed by atoms with Crippen molar-refractivity contribution in [1.29, 1.82) is 0 Å². The molecule has 1 heterocycles. The van der Waals surface area contributed by atoms with Gasteiger partial charge in [0.25, 0.3) is 17.7 Å². The van der Waals surface area contributed by atoms with Gasteiger partial charge in [-0.25, -0.2) is 4.79 Å². The van der Waals surface area contributed by atoms with Gasteiger partial charge in [-0.1, -0.05) is 32.0 Å². The summed E-state index contributed by atoms with van der Waals surface area (Å²) in [7, 11) is 0. The van der Waals surface area contributed by atoms with E-state index in [0.717, 1.165) is 11.3 Å². The number of nitrogens with zero attached hydrogens (tertiary/aromatic N) is 1. The molecule has 5 amide bonds. The lowest BCUT2D eigenvalue weighted by atomic mass is 9.92. The van der Waals surface area contributed by atoms with E-state index < -0.39 is 48.4 Å². The van der Waals surface area contributed by atoms with Gasteiger partial charge in [0.1, 0.15) is 12.1 Å². The molecule has 156 valence electrons. The lowest BCUT2D eigenvalue weighted by Crippen LogP contribution is -2.44. The van der Waals surface area contributed by atoms with Crippen molar-refractivity contribution in [3.05, 3.63) is 35.9 Å². The molecule has 29 heavy (non-hydrogen) atoms. The van der Waals surface area contributed by atoms with Gasteiger partial charge in [0.05, 0.1) is 0 Å². The number of carbonyl (C=O) groups excluding carboxylic acids is 5. The van der Waals surface area contributed by atoms with Gasteiger partial charge in [0.15, 0.2) is 6.61 Å². The predicted molar refractivity (Wildman–Crippen MR) is 103 cm³/mol. The average Bonchev–Trinajstić information content (AvgIpc) is 2.89. The van der Waals surface area contributed by atoms with E-state index in [9.17, 15) is 24.0 Å². The number of rotatable bonds is 8. The number of amides is 5. The molecule has 0 bridgehead atoms.